The van der Waals surface area contributed by atoms with E-state index in [1.54, 1.807) is 42.7 Å². The first kappa shape index (κ1) is 20.7. The first-order valence-electron chi connectivity index (χ1n) is 10.2. The first-order valence-corrected chi connectivity index (χ1v) is 10.6. The molecule has 6 nitrogen and oxygen atoms in total. The second-order valence-corrected chi connectivity index (χ2v) is 7.84. The number of hydrogen-bond donors (Lipinski definition) is 1. The Morgan fingerprint density at radius 3 is 2.76 bits per heavy atom. The standard InChI is InChI=1S/C26H18ClN3O3/c1-16-4-5-17(13-21(16)27)23-10-7-20(32-23)8-11-25(31)29-19-6-9-24-22(14-19)30-26(33-24)18-3-2-12-28-15-18/h2-15H,1H3,(H,29,31)/b11-8+. The van der Waals surface area contributed by atoms with Crippen LogP contribution < -0.4 is 5.32 Å². The van der Waals surface area contributed by atoms with Crippen molar-refractivity contribution >= 4 is 40.4 Å². The van der Waals surface area contributed by atoms with E-state index in [1.165, 1.54) is 6.08 Å². The van der Waals surface area contributed by atoms with Crippen LogP contribution in [0, 0.1) is 6.92 Å². The molecule has 0 spiro atoms. The van der Waals surface area contributed by atoms with Crippen LogP contribution in [0.15, 0.2) is 88.0 Å². The Hall–Kier alpha value is -4.16. The summed E-state index contributed by atoms with van der Waals surface area (Å²) in [4.78, 5) is 21.0. The molecule has 33 heavy (non-hydrogen) atoms. The average Bonchev–Trinajstić information content (AvgIpc) is 3.47. The predicted molar refractivity (Wildman–Crippen MR) is 129 cm³/mol. The minimum Gasteiger partial charge on any atom is -0.457 e. The summed E-state index contributed by atoms with van der Waals surface area (Å²) in [6.07, 6.45) is 6.41. The van der Waals surface area contributed by atoms with Gasteiger partial charge in [0.05, 0.1) is 5.56 Å². The number of benzene rings is 2. The number of pyridine rings is 1. The number of amides is 1. The second kappa shape index (κ2) is 8.76. The molecule has 0 unspecified atom stereocenters. The summed E-state index contributed by atoms with van der Waals surface area (Å²) in [7, 11) is 0. The van der Waals surface area contributed by atoms with Crippen molar-refractivity contribution in [3.63, 3.8) is 0 Å². The van der Waals surface area contributed by atoms with Crippen LogP contribution in [-0.2, 0) is 4.79 Å². The van der Waals surface area contributed by atoms with E-state index in [0.29, 0.717) is 39.2 Å². The lowest BCUT2D eigenvalue weighted by molar-refractivity contribution is -0.111. The molecule has 1 amide bonds. The zero-order chi connectivity index (χ0) is 22.8. The third-order valence-electron chi connectivity index (χ3n) is 5.05. The number of nitrogens with zero attached hydrogens (tertiary/aromatic N) is 2. The van der Waals surface area contributed by atoms with Gasteiger partial charge in [-0.15, -0.1) is 0 Å². The molecule has 0 saturated heterocycles. The summed E-state index contributed by atoms with van der Waals surface area (Å²) in [6, 6.07) is 18.4. The molecule has 0 radical (unpaired) electrons. The normalized spacial score (nSPS) is 11.3. The van der Waals surface area contributed by atoms with E-state index in [9.17, 15) is 4.79 Å². The minimum atomic E-state index is -0.290. The molecule has 0 aliphatic heterocycles. The molecule has 0 saturated carbocycles. The van der Waals surface area contributed by atoms with Crippen LogP contribution in [0.1, 0.15) is 11.3 Å². The van der Waals surface area contributed by atoms with E-state index < -0.39 is 0 Å². The van der Waals surface area contributed by atoms with Gasteiger partial charge < -0.3 is 14.2 Å². The first-order chi connectivity index (χ1) is 16.0. The van der Waals surface area contributed by atoms with Crippen LogP contribution in [0.2, 0.25) is 5.02 Å². The van der Waals surface area contributed by atoms with Crippen LogP contribution >= 0.6 is 11.6 Å². The third kappa shape index (κ3) is 4.56. The largest absolute Gasteiger partial charge is 0.457 e. The molecule has 7 heteroatoms. The summed E-state index contributed by atoms with van der Waals surface area (Å²) < 4.78 is 11.6. The second-order valence-electron chi connectivity index (χ2n) is 7.43. The molecule has 0 aliphatic rings. The number of hydrogen-bond acceptors (Lipinski definition) is 5. The Bertz CT molecular complexity index is 1490. The Morgan fingerprint density at radius 1 is 1.03 bits per heavy atom. The van der Waals surface area contributed by atoms with Gasteiger partial charge in [-0.3, -0.25) is 9.78 Å². The Kier molecular flexibility index (Phi) is 5.50. The van der Waals surface area contributed by atoms with E-state index in [2.05, 4.69) is 15.3 Å². The van der Waals surface area contributed by atoms with Crippen LogP contribution in [0.5, 0.6) is 0 Å². The van der Waals surface area contributed by atoms with Gasteiger partial charge >= 0.3 is 0 Å². The van der Waals surface area contributed by atoms with E-state index in [0.717, 1.165) is 16.7 Å². The zero-order valence-corrected chi connectivity index (χ0v) is 18.3. The number of anilines is 1. The van der Waals surface area contributed by atoms with Crippen LogP contribution in [0.3, 0.4) is 0 Å². The van der Waals surface area contributed by atoms with Gasteiger partial charge in [-0.05, 0) is 67.1 Å². The topological polar surface area (TPSA) is 81.2 Å². The molecule has 1 N–H and O–H groups in total. The van der Waals surface area contributed by atoms with Crippen LogP contribution in [0.25, 0.3) is 40.0 Å². The molecule has 3 heterocycles. The maximum absolute atomic E-state index is 12.4. The van der Waals surface area contributed by atoms with Gasteiger partial charge in [0.1, 0.15) is 17.0 Å². The van der Waals surface area contributed by atoms with Gasteiger partial charge in [0, 0.05) is 34.7 Å². The van der Waals surface area contributed by atoms with E-state index in [-0.39, 0.29) is 5.91 Å². The summed E-state index contributed by atoms with van der Waals surface area (Å²) >= 11 is 6.20. The number of aryl methyl sites for hydroxylation is 1. The molecule has 0 bridgehead atoms. The number of furan rings is 1. The number of oxazole rings is 1. The fourth-order valence-corrected chi connectivity index (χ4v) is 3.48. The van der Waals surface area contributed by atoms with E-state index in [4.69, 9.17) is 20.4 Å². The summed E-state index contributed by atoms with van der Waals surface area (Å²) in [6.45, 7) is 1.95. The molecule has 0 atom stereocenters. The number of nitrogens with one attached hydrogen (secondary N) is 1. The van der Waals surface area contributed by atoms with Crippen molar-refractivity contribution < 1.29 is 13.6 Å². The van der Waals surface area contributed by atoms with Crippen molar-refractivity contribution in [3.8, 4) is 22.8 Å². The molecular formula is C26H18ClN3O3. The quantitative estimate of drug-likeness (QED) is 0.296. The highest BCUT2D eigenvalue weighted by atomic mass is 35.5. The smallest absolute Gasteiger partial charge is 0.248 e. The Labute approximate surface area is 194 Å². The number of halogens is 1. The van der Waals surface area contributed by atoms with E-state index in [1.807, 2.05) is 43.3 Å². The maximum atomic E-state index is 12.4. The fraction of sp³-hybridized carbons (Fsp3) is 0.0385. The number of aromatic nitrogens is 2. The number of carbonyl (C=O) groups excluding carboxylic acids is 1. The third-order valence-corrected chi connectivity index (χ3v) is 5.45. The van der Waals surface area contributed by atoms with Gasteiger partial charge in [-0.1, -0.05) is 23.7 Å². The molecule has 162 valence electrons. The Morgan fingerprint density at radius 2 is 1.94 bits per heavy atom. The predicted octanol–water partition coefficient (Wildman–Crippen LogP) is 6.76. The minimum absolute atomic E-state index is 0.290. The van der Waals surface area contributed by atoms with E-state index >= 15 is 0 Å². The van der Waals surface area contributed by atoms with Gasteiger partial charge in [-0.25, -0.2) is 4.98 Å². The Balaban J connectivity index is 1.28. The highest BCUT2D eigenvalue weighted by Crippen LogP contribution is 2.28. The van der Waals surface area contributed by atoms with Crippen molar-refractivity contribution in [2.75, 3.05) is 5.32 Å². The van der Waals surface area contributed by atoms with Crippen molar-refractivity contribution in [2.24, 2.45) is 0 Å². The lowest BCUT2D eigenvalue weighted by Gasteiger charge is -2.01. The summed E-state index contributed by atoms with van der Waals surface area (Å²) in [5.74, 6) is 1.43. The van der Waals surface area contributed by atoms with Crippen molar-refractivity contribution in [2.45, 2.75) is 6.92 Å². The summed E-state index contributed by atoms with van der Waals surface area (Å²) in [5, 5.41) is 3.50. The molecular weight excluding hydrogens is 438 g/mol. The molecule has 5 rings (SSSR count). The molecule has 0 fully saturated rings. The SMILES string of the molecule is Cc1ccc(-c2ccc(/C=C/C(=O)Nc3ccc4oc(-c5cccnc5)nc4c3)o2)cc1Cl. The molecule has 3 aromatic heterocycles. The van der Waals surface area contributed by atoms with Crippen molar-refractivity contribution in [1.29, 1.82) is 0 Å². The van der Waals surface area contributed by atoms with Crippen molar-refractivity contribution in [1.82, 2.24) is 9.97 Å². The lowest BCUT2D eigenvalue weighted by Crippen LogP contribution is -2.07. The average molecular weight is 456 g/mol. The number of rotatable bonds is 5. The maximum Gasteiger partial charge on any atom is 0.248 e. The van der Waals surface area contributed by atoms with Gasteiger partial charge in [-0.2, -0.15) is 0 Å². The van der Waals surface area contributed by atoms with Gasteiger partial charge in [0.25, 0.3) is 0 Å². The number of fused-ring (bicyclic) bond motifs is 1. The van der Waals surface area contributed by atoms with Crippen LogP contribution in [-0.4, -0.2) is 15.9 Å². The number of carbonyl (C=O) groups is 1. The molecule has 2 aromatic carbocycles. The molecule has 5 aromatic rings. The fourth-order valence-electron chi connectivity index (χ4n) is 3.30. The highest BCUT2D eigenvalue weighted by Gasteiger charge is 2.10. The summed E-state index contributed by atoms with van der Waals surface area (Å²) in [5.41, 5.74) is 4.54. The van der Waals surface area contributed by atoms with Gasteiger partial charge in [0.2, 0.25) is 11.8 Å². The van der Waals surface area contributed by atoms with Crippen LogP contribution in [0.4, 0.5) is 5.69 Å². The molecule has 0 aliphatic carbocycles. The van der Waals surface area contributed by atoms with Gasteiger partial charge in [0.15, 0.2) is 5.58 Å². The highest BCUT2D eigenvalue weighted by molar-refractivity contribution is 6.31. The monoisotopic (exact) mass is 455 g/mol. The zero-order valence-electron chi connectivity index (χ0n) is 17.6. The lowest BCUT2D eigenvalue weighted by atomic mass is 10.1. The van der Waals surface area contributed by atoms with Crippen molar-refractivity contribution in [3.05, 3.63) is 95.5 Å².